The van der Waals surface area contributed by atoms with Gasteiger partial charge in [0.2, 0.25) is 5.91 Å². The predicted molar refractivity (Wildman–Crippen MR) is 118 cm³/mol. The zero-order valence-corrected chi connectivity index (χ0v) is 17.1. The molecule has 0 saturated carbocycles. The summed E-state index contributed by atoms with van der Waals surface area (Å²) >= 11 is 0. The lowest BCUT2D eigenvalue weighted by molar-refractivity contribution is -0.121. The van der Waals surface area contributed by atoms with Gasteiger partial charge in [-0.3, -0.25) is 14.5 Å². The minimum atomic E-state index is -0.0492. The molecule has 2 N–H and O–H groups in total. The van der Waals surface area contributed by atoms with Crippen LogP contribution in [0.4, 0.5) is 5.69 Å². The SMILES string of the molecule is CN1CCCC[C@@H]1C(=O)Nc1ccc(-c2cn3cccc4c3c2CCNC4=O)cc1. The molecule has 0 unspecified atom stereocenters. The summed E-state index contributed by atoms with van der Waals surface area (Å²) in [6.07, 6.45) is 8.05. The lowest BCUT2D eigenvalue weighted by atomic mass is 10.00. The molecule has 30 heavy (non-hydrogen) atoms. The Labute approximate surface area is 175 Å². The van der Waals surface area contributed by atoms with E-state index in [1.807, 2.05) is 54.0 Å². The summed E-state index contributed by atoms with van der Waals surface area (Å²) in [5.74, 6) is 0.0510. The fraction of sp³-hybridized carbons (Fsp3) is 0.333. The lowest BCUT2D eigenvalue weighted by Crippen LogP contribution is -2.44. The second kappa shape index (κ2) is 7.61. The highest BCUT2D eigenvalue weighted by Crippen LogP contribution is 2.33. The van der Waals surface area contributed by atoms with E-state index in [1.54, 1.807) is 0 Å². The Kier molecular flexibility index (Phi) is 4.79. The van der Waals surface area contributed by atoms with Crippen LogP contribution in [0, 0.1) is 0 Å². The summed E-state index contributed by atoms with van der Waals surface area (Å²) in [7, 11) is 2.02. The Morgan fingerprint density at radius 1 is 1.13 bits per heavy atom. The predicted octanol–water partition coefficient (Wildman–Crippen LogP) is 3.32. The molecule has 0 bridgehead atoms. The van der Waals surface area contributed by atoms with Gasteiger partial charge in [0, 0.05) is 30.2 Å². The van der Waals surface area contributed by atoms with E-state index in [-0.39, 0.29) is 17.9 Å². The first-order valence-electron chi connectivity index (χ1n) is 10.6. The van der Waals surface area contributed by atoms with Crippen LogP contribution < -0.4 is 10.6 Å². The number of nitrogens with zero attached hydrogens (tertiary/aromatic N) is 2. The second-order valence-electron chi connectivity index (χ2n) is 8.26. The molecule has 154 valence electrons. The van der Waals surface area contributed by atoms with Crippen LogP contribution in [0.3, 0.4) is 0 Å². The molecule has 2 aromatic heterocycles. The van der Waals surface area contributed by atoms with Crippen molar-refractivity contribution in [2.24, 2.45) is 0 Å². The summed E-state index contributed by atoms with van der Waals surface area (Å²) in [4.78, 5) is 27.2. The third-order valence-electron chi connectivity index (χ3n) is 6.34. The van der Waals surface area contributed by atoms with E-state index in [4.69, 9.17) is 0 Å². The Bertz CT molecular complexity index is 1120. The molecule has 1 fully saturated rings. The molecule has 1 atom stereocenters. The molecule has 2 amide bonds. The summed E-state index contributed by atoms with van der Waals surface area (Å²) < 4.78 is 2.04. The number of amides is 2. The van der Waals surface area contributed by atoms with E-state index in [0.29, 0.717) is 6.54 Å². The number of aromatic nitrogens is 1. The summed E-state index contributed by atoms with van der Waals surface area (Å²) in [5, 5.41) is 6.05. The topological polar surface area (TPSA) is 65.8 Å². The fourth-order valence-corrected chi connectivity index (χ4v) is 4.74. The average Bonchev–Trinajstić information content (AvgIpc) is 3.04. The Balaban J connectivity index is 1.43. The van der Waals surface area contributed by atoms with Gasteiger partial charge in [0.1, 0.15) is 0 Å². The molecule has 1 aromatic carbocycles. The molecule has 0 aliphatic carbocycles. The number of pyridine rings is 1. The first kappa shape index (κ1) is 18.9. The monoisotopic (exact) mass is 402 g/mol. The number of likely N-dealkylation sites (N-methyl/N-ethyl adjacent to an activating group) is 1. The third kappa shape index (κ3) is 3.27. The number of hydrogen-bond acceptors (Lipinski definition) is 3. The van der Waals surface area contributed by atoms with Crippen molar-refractivity contribution in [3.05, 3.63) is 59.9 Å². The molecule has 0 radical (unpaired) electrons. The van der Waals surface area contributed by atoms with Crippen LogP contribution in [0.2, 0.25) is 0 Å². The van der Waals surface area contributed by atoms with Crippen LogP contribution in [0.1, 0.15) is 35.2 Å². The van der Waals surface area contributed by atoms with E-state index in [0.717, 1.165) is 60.1 Å². The Morgan fingerprint density at radius 3 is 2.77 bits per heavy atom. The number of likely N-dealkylation sites (tertiary alicyclic amines) is 1. The van der Waals surface area contributed by atoms with Crippen molar-refractivity contribution in [2.45, 2.75) is 31.7 Å². The zero-order valence-electron chi connectivity index (χ0n) is 17.1. The maximum absolute atomic E-state index is 12.7. The molecule has 1 saturated heterocycles. The van der Waals surface area contributed by atoms with Gasteiger partial charge in [-0.05, 0) is 68.2 Å². The molecule has 5 rings (SSSR count). The summed E-state index contributed by atoms with van der Waals surface area (Å²) in [5.41, 5.74) is 5.92. The van der Waals surface area contributed by atoms with Crippen LogP contribution in [0.15, 0.2) is 48.8 Å². The van der Waals surface area contributed by atoms with E-state index in [2.05, 4.69) is 21.7 Å². The van der Waals surface area contributed by atoms with Gasteiger partial charge in [-0.15, -0.1) is 0 Å². The number of anilines is 1. The van der Waals surface area contributed by atoms with Crippen LogP contribution in [-0.4, -0.2) is 47.3 Å². The van der Waals surface area contributed by atoms with Crippen molar-refractivity contribution in [3.8, 4) is 11.1 Å². The first-order valence-corrected chi connectivity index (χ1v) is 10.6. The second-order valence-corrected chi connectivity index (χ2v) is 8.26. The summed E-state index contributed by atoms with van der Waals surface area (Å²) in [6, 6.07) is 11.8. The molecule has 0 spiro atoms. The number of benzene rings is 1. The smallest absolute Gasteiger partial charge is 0.253 e. The molecule has 3 aromatic rings. The normalized spacial score (nSPS) is 19.4. The van der Waals surface area contributed by atoms with Crippen molar-refractivity contribution in [1.82, 2.24) is 14.6 Å². The van der Waals surface area contributed by atoms with E-state index in [9.17, 15) is 9.59 Å². The molecular weight excluding hydrogens is 376 g/mol. The van der Waals surface area contributed by atoms with Gasteiger partial charge in [-0.25, -0.2) is 0 Å². The van der Waals surface area contributed by atoms with Gasteiger partial charge < -0.3 is 15.0 Å². The largest absolute Gasteiger partial charge is 0.352 e. The first-order chi connectivity index (χ1) is 14.6. The number of rotatable bonds is 3. The maximum atomic E-state index is 12.7. The van der Waals surface area contributed by atoms with Gasteiger partial charge in [-0.1, -0.05) is 18.6 Å². The molecule has 2 aliphatic rings. The number of carbonyl (C=O) groups is 2. The van der Waals surface area contributed by atoms with Crippen molar-refractivity contribution in [1.29, 1.82) is 0 Å². The molecule has 6 nitrogen and oxygen atoms in total. The highest BCUT2D eigenvalue weighted by atomic mass is 16.2. The van der Waals surface area contributed by atoms with Gasteiger partial charge in [0.05, 0.1) is 17.1 Å². The lowest BCUT2D eigenvalue weighted by Gasteiger charge is -2.31. The molecule has 6 heteroatoms. The van der Waals surface area contributed by atoms with Crippen molar-refractivity contribution in [3.63, 3.8) is 0 Å². The highest BCUT2D eigenvalue weighted by Gasteiger charge is 2.26. The van der Waals surface area contributed by atoms with E-state index < -0.39 is 0 Å². The van der Waals surface area contributed by atoms with E-state index >= 15 is 0 Å². The number of hydrogen-bond donors (Lipinski definition) is 2. The van der Waals surface area contributed by atoms with Crippen molar-refractivity contribution < 1.29 is 9.59 Å². The fourth-order valence-electron chi connectivity index (χ4n) is 4.74. The van der Waals surface area contributed by atoms with Gasteiger partial charge in [0.25, 0.3) is 5.91 Å². The van der Waals surface area contributed by atoms with Crippen molar-refractivity contribution >= 4 is 23.0 Å². The third-order valence-corrected chi connectivity index (χ3v) is 6.34. The minimum Gasteiger partial charge on any atom is -0.352 e. The summed E-state index contributed by atoms with van der Waals surface area (Å²) in [6.45, 7) is 1.60. The average molecular weight is 402 g/mol. The number of nitrogens with one attached hydrogen (secondary N) is 2. The zero-order chi connectivity index (χ0) is 20.7. The van der Waals surface area contributed by atoms with Gasteiger partial charge >= 0.3 is 0 Å². The minimum absolute atomic E-state index is 0.0188. The van der Waals surface area contributed by atoms with E-state index in [1.165, 1.54) is 5.56 Å². The molecule has 2 aliphatic heterocycles. The maximum Gasteiger partial charge on any atom is 0.253 e. The Morgan fingerprint density at radius 2 is 1.97 bits per heavy atom. The standard InChI is InChI=1S/C24H26N4O2/c1-27-13-3-2-6-21(27)24(30)26-17-9-7-16(8-10-17)20-15-28-14-4-5-19-22(28)18(20)11-12-25-23(19)29/h4-5,7-10,14-15,21H,2-3,6,11-13H2,1H3,(H,25,29)(H,26,30)/t21-/m1/s1. The van der Waals surface area contributed by atoms with Crippen LogP contribution in [0.5, 0.6) is 0 Å². The van der Waals surface area contributed by atoms with Crippen LogP contribution in [-0.2, 0) is 11.2 Å². The number of piperidine rings is 1. The van der Waals surface area contributed by atoms with Crippen molar-refractivity contribution in [2.75, 3.05) is 25.5 Å². The molecular formula is C24H26N4O2. The van der Waals surface area contributed by atoms with Gasteiger partial charge in [-0.2, -0.15) is 0 Å². The number of carbonyl (C=O) groups excluding carboxylic acids is 2. The highest BCUT2D eigenvalue weighted by molar-refractivity contribution is 6.03. The molecule has 4 heterocycles. The van der Waals surface area contributed by atoms with Crippen LogP contribution >= 0.6 is 0 Å². The van der Waals surface area contributed by atoms with Crippen LogP contribution in [0.25, 0.3) is 16.6 Å². The van der Waals surface area contributed by atoms with Gasteiger partial charge in [0.15, 0.2) is 0 Å². The Hall–Kier alpha value is -3.12. The quantitative estimate of drug-likeness (QED) is 0.706.